The van der Waals surface area contributed by atoms with E-state index in [0.717, 1.165) is 29.3 Å². The van der Waals surface area contributed by atoms with Crippen LogP contribution in [0.3, 0.4) is 0 Å². The number of anilines is 1. The summed E-state index contributed by atoms with van der Waals surface area (Å²) in [5, 5.41) is 8.68. The number of benzene rings is 2. The summed E-state index contributed by atoms with van der Waals surface area (Å²) in [6, 6.07) is 15.6. The number of aromatic amines is 1. The number of H-pyrrole nitrogens is 1. The number of fused-ring (bicyclic) bond motifs is 3. The quantitative estimate of drug-likeness (QED) is 0.203. The van der Waals surface area contributed by atoms with E-state index in [1.807, 2.05) is 54.7 Å². The van der Waals surface area contributed by atoms with E-state index in [-0.39, 0.29) is 11.7 Å². The highest BCUT2D eigenvalue weighted by atomic mass is 16.1. The van der Waals surface area contributed by atoms with Crippen LogP contribution in [0.1, 0.15) is 54.9 Å². The Hall–Kier alpha value is -4.20. The molecule has 0 saturated carbocycles. The standard InChI is InChI=1S/C27H29N7O/c1-2-3-4-5-10-15-29-27(35)23-24-26(33-22-14-9-8-13-21(22)32-24)34(25(23)28)31-17-18-16-30-20-12-7-6-11-19(18)20/h6-9,11-14,16-17,30H,2-5,10,15,28H2,1H3,(H,29,35). The number of carbonyl (C=O) groups is 1. The summed E-state index contributed by atoms with van der Waals surface area (Å²) in [5.41, 5.74) is 11.0. The molecule has 5 rings (SSSR count). The molecule has 0 aliphatic rings. The van der Waals surface area contributed by atoms with Crippen molar-refractivity contribution in [3.8, 4) is 0 Å². The molecule has 4 N–H and O–H groups in total. The molecule has 5 aromatic rings. The van der Waals surface area contributed by atoms with Crippen molar-refractivity contribution in [2.45, 2.75) is 39.0 Å². The average molecular weight is 468 g/mol. The maximum absolute atomic E-state index is 13.2. The van der Waals surface area contributed by atoms with Gasteiger partial charge >= 0.3 is 0 Å². The topological polar surface area (TPSA) is 114 Å². The van der Waals surface area contributed by atoms with Crippen LogP contribution < -0.4 is 11.1 Å². The first-order valence-electron chi connectivity index (χ1n) is 12.1. The molecule has 8 nitrogen and oxygen atoms in total. The van der Waals surface area contributed by atoms with Gasteiger partial charge in [-0.2, -0.15) is 9.78 Å². The number of amides is 1. The van der Waals surface area contributed by atoms with Gasteiger partial charge in [-0.1, -0.05) is 62.9 Å². The Morgan fingerprint density at radius 3 is 2.63 bits per heavy atom. The second-order valence-electron chi connectivity index (χ2n) is 8.66. The Labute approximate surface area is 203 Å². The van der Waals surface area contributed by atoms with E-state index in [0.29, 0.717) is 34.3 Å². The predicted octanol–water partition coefficient (Wildman–Crippen LogP) is 5.23. The summed E-state index contributed by atoms with van der Waals surface area (Å²) in [5.74, 6) is -0.0384. The molecule has 35 heavy (non-hydrogen) atoms. The van der Waals surface area contributed by atoms with E-state index in [9.17, 15) is 4.79 Å². The lowest BCUT2D eigenvalue weighted by atomic mass is 10.1. The summed E-state index contributed by atoms with van der Waals surface area (Å²) in [6.07, 6.45) is 9.21. The van der Waals surface area contributed by atoms with Gasteiger partial charge in [-0.15, -0.1) is 0 Å². The van der Waals surface area contributed by atoms with Gasteiger partial charge in [0.1, 0.15) is 16.9 Å². The van der Waals surface area contributed by atoms with Gasteiger partial charge in [0.05, 0.1) is 17.2 Å². The number of carbonyl (C=O) groups excluding carboxylic acids is 1. The lowest BCUT2D eigenvalue weighted by Gasteiger charge is -2.05. The highest BCUT2D eigenvalue weighted by molar-refractivity contribution is 6.11. The molecule has 0 aliphatic heterocycles. The number of rotatable bonds is 9. The van der Waals surface area contributed by atoms with Crippen LogP contribution in [0.2, 0.25) is 0 Å². The smallest absolute Gasteiger partial charge is 0.257 e. The number of hydrogen-bond acceptors (Lipinski definition) is 5. The van der Waals surface area contributed by atoms with Crippen LogP contribution in [-0.4, -0.2) is 38.3 Å². The van der Waals surface area contributed by atoms with Crippen molar-refractivity contribution in [2.24, 2.45) is 5.10 Å². The summed E-state index contributed by atoms with van der Waals surface area (Å²) in [7, 11) is 0. The van der Waals surface area contributed by atoms with Crippen molar-refractivity contribution in [2.75, 3.05) is 12.3 Å². The number of hydrogen-bond donors (Lipinski definition) is 3. The molecule has 3 aromatic heterocycles. The Morgan fingerprint density at radius 1 is 1.06 bits per heavy atom. The van der Waals surface area contributed by atoms with E-state index < -0.39 is 0 Å². The van der Waals surface area contributed by atoms with Gasteiger partial charge in [-0.25, -0.2) is 9.97 Å². The van der Waals surface area contributed by atoms with Gasteiger partial charge in [-0.3, -0.25) is 4.79 Å². The molecule has 8 heteroatoms. The summed E-state index contributed by atoms with van der Waals surface area (Å²) >= 11 is 0. The minimum absolute atomic E-state index is 0.217. The summed E-state index contributed by atoms with van der Waals surface area (Å²) in [6.45, 7) is 2.78. The van der Waals surface area contributed by atoms with Crippen molar-refractivity contribution in [1.29, 1.82) is 0 Å². The summed E-state index contributed by atoms with van der Waals surface area (Å²) < 4.78 is 1.51. The third-order valence-electron chi connectivity index (χ3n) is 6.20. The van der Waals surface area contributed by atoms with E-state index in [2.05, 4.69) is 22.3 Å². The molecule has 0 atom stereocenters. The van der Waals surface area contributed by atoms with Gasteiger partial charge < -0.3 is 16.0 Å². The zero-order valence-corrected chi connectivity index (χ0v) is 19.8. The van der Waals surface area contributed by atoms with Gasteiger partial charge in [0.15, 0.2) is 5.65 Å². The van der Waals surface area contributed by atoms with Crippen molar-refractivity contribution >= 4 is 51.0 Å². The van der Waals surface area contributed by atoms with Crippen LogP contribution in [0.25, 0.3) is 33.1 Å². The fraction of sp³-hybridized carbons (Fsp3) is 0.259. The summed E-state index contributed by atoms with van der Waals surface area (Å²) in [4.78, 5) is 25.9. The fourth-order valence-electron chi connectivity index (χ4n) is 4.33. The van der Waals surface area contributed by atoms with E-state index in [1.165, 1.54) is 23.9 Å². The number of nitrogens with one attached hydrogen (secondary N) is 2. The van der Waals surface area contributed by atoms with Crippen LogP contribution >= 0.6 is 0 Å². The predicted molar refractivity (Wildman–Crippen MR) is 142 cm³/mol. The number of aromatic nitrogens is 4. The van der Waals surface area contributed by atoms with E-state index in [4.69, 9.17) is 15.7 Å². The molecule has 0 spiro atoms. The second kappa shape index (κ2) is 9.97. The Balaban J connectivity index is 1.52. The molecule has 0 saturated heterocycles. The van der Waals surface area contributed by atoms with Crippen molar-refractivity contribution in [1.82, 2.24) is 24.9 Å². The molecule has 0 fully saturated rings. The zero-order chi connectivity index (χ0) is 24.2. The maximum atomic E-state index is 13.2. The van der Waals surface area contributed by atoms with Crippen molar-refractivity contribution in [3.05, 3.63) is 65.9 Å². The Kier molecular flexibility index (Phi) is 6.43. The number of nitrogens with two attached hydrogens (primary N) is 1. The Bertz CT molecular complexity index is 1530. The van der Waals surface area contributed by atoms with Crippen LogP contribution in [0.4, 0.5) is 5.82 Å². The third-order valence-corrected chi connectivity index (χ3v) is 6.20. The molecule has 0 radical (unpaired) electrons. The highest BCUT2D eigenvalue weighted by Crippen LogP contribution is 2.28. The normalized spacial score (nSPS) is 11.8. The van der Waals surface area contributed by atoms with Gasteiger partial charge in [0.2, 0.25) is 0 Å². The number of para-hydroxylation sites is 3. The monoisotopic (exact) mass is 467 g/mol. The second-order valence-corrected chi connectivity index (χ2v) is 8.66. The minimum atomic E-state index is -0.256. The van der Waals surface area contributed by atoms with Crippen LogP contribution in [0, 0.1) is 0 Å². The molecule has 3 heterocycles. The fourth-order valence-corrected chi connectivity index (χ4v) is 4.33. The highest BCUT2D eigenvalue weighted by Gasteiger charge is 2.24. The van der Waals surface area contributed by atoms with E-state index >= 15 is 0 Å². The molecular formula is C27H29N7O. The third kappa shape index (κ3) is 4.47. The number of nitrogens with zero attached hydrogens (tertiary/aromatic N) is 4. The van der Waals surface area contributed by atoms with Crippen molar-refractivity contribution in [3.63, 3.8) is 0 Å². The molecule has 0 aliphatic carbocycles. The molecule has 178 valence electrons. The number of unbranched alkanes of at least 4 members (excludes halogenated alkanes) is 4. The molecule has 2 aromatic carbocycles. The number of nitrogen functional groups attached to an aromatic ring is 1. The lowest BCUT2D eigenvalue weighted by Crippen LogP contribution is -2.25. The van der Waals surface area contributed by atoms with Crippen LogP contribution in [-0.2, 0) is 0 Å². The molecule has 0 bridgehead atoms. The van der Waals surface area contributed by atoms with Crippen LogP contribution in [0.5, 0.6) is 0 Å². The van der Waals surface area contributed by atoms with E-state index in [1.54, 1.807) is 6.21 Å². The van der Waals surface area contributed by atoms with Crippen LogP contribution in [0.15, 0.2) is 59.8 Å². The van der Waals surface area contributed by atoms with Gasteiger partial charge in [-0.05, 0) is 24.6 Å². The molecular weight excluding hydrogens is 438 g/mol. The molecule has 0 unspecified atom stereocenters. The maximum Gasteiger partial charge on any atom is 0.257 e. The van der Waals surface area contributed by atoms with Gasteiger partial charge in [0, 0.05) is 29.2 Å². The molecule has 1 amide bonds. The van der Waals surface area contributed by atoms with Gasteiger partial charge in [0.25, 0.3) is 5.91 Å². The first-order valence-corrected chi connectivity index (χ1v) is 12.1. The van der Waals surface area contributed by atoms with Crippen molar-refractivity contribution < 1.29 is 4.79 Å². The average Bonchev–Trinajstić information content (AvgIpc) is 3.41. The lowest BCUT2D eigenvalue weighted by molar-refractivity contribution is 0.0955. The first kappa shape index (κ1) is 22.6. The Morgan fingerprint density at radius 2 is 1.80 bits per heavy atom. The first-order chi connectivity index (χ1) is 17.2. The SMILES string of the molecule is CCCCCCCNC(=O)c1c(N)n(N=Cc2c[nH]c3ccccc23)c2nc3ccccc3nc12. The minimum Gasteiger partial charge on any atom is -0.383 e. The largest absolute Gasteiger partial charge is 0.383 e. The zero-order valence-electron chi connectivity index (χ0n) is 19.8.